The highest BCUT2D eigenvalue weighted by Crippen LogP contribution is 2.06. The van der Waals surface area contributed by atoms with E-state index in [2.05, 4.69) is 14.6 Å². The van der Waals surface area contributed by atoms with Gasteiger partial charge >= 0.3 is 0 Å². The molecule has 0 radical (unpaired) electrons. The summed E-state index contributed by atoms with van der Waals surface area (Å²) in [6.45, 7) is 0.603. The minimum Gasteiger partial charge on any atom is -0.323 e. The number of aldehydes is 1. The van der Waals surface area contributed by atoms with Gasteiger partial charge in [-0.3, -0.25) is 4.79 Å². The van der Waals surface area contributed by atoms with Crippen molar-refractivity contribution in [2.24, 2.45) is 0 Å². The lowest BCUT2D eigenvalue weighted by Crippen LogP contribution is -2.01. The first-order chi connectivity index (χ1) is 6.40. The lowest BCUT2D eigenvalue weighted by molar-refractivity contribution is 0.111. The Bertz CT molecular complexity index is 394. The third-order valence-electron chi connectivity index (χ3n) is 1.59. The van der Waals surface area contributed by atoms with Crippen molar-refractivity contribution in [2.75, 3.05) is 0 Å². The van der Waals surface area contributed by atoms with Crippen LogP contribution >= 0.6 is 11.5 Å². The molecule has 66 valence electrons. The van der Waals surface area contributed by atoms with Crippen molar-refractivity contribution in [3.8, 4) is 0 Å². The third kappa shape index (κ3) is 1.62. The van der Waals surface area contributed by atoms with Crippen molar-refractivity contribution in [2.45, 2.75) is 6.54 Å². The summed E-state index contributed by atoms with van der Waals surface area (Å²) in [5.74, 6) is 0.424. The Labute approximate surface area is 78.2 Å². The standard InChI is InChI=1S/C7H6N4OS/c12-5-7-8-1-2-11(7)4-6-3-9-10-13-6/h1-3,5H,4H2. The predicted molar refractivity (Wildman–Crippen MR) is 46.6 cm³/mol. The molecule has 2 aromatic rings. The maximum absolute atomic E-state index is 10.5. The van der Waals surface area contributed by atoms with Crippen LogP contribution in [0.25, 0.3) is 0 Å². The van der Waals surface area contributed by atoms with Crippen LogP contribution in [-0.2, 0) is 6.54 Å². The highest BCUT2D eigenvalue weighted by Gasteiger charge is 2.02. The highest BCUT2D eigenvalue weighted by molar-refractivity contribution is 7.05. The molecule has 6 heteroatoms. The molecule has 0 saturated carbocycles. The smallest absolute Gasteiger partial charge is 0.185 e. The minimum absolute atomic E-state index is 0.424. The van der Waals surface area contributed by atoms with Crippen LogP contribution < -0.4 is 0 Å². The topological polar surface area (TPSA) is 60.7 Å². The van der Waals surface area contributed by atoms with Gasteiger partial charge in [0, 0.05) is 12.4 Å². The van der Waals surface area contributed by atoms with Crippen LogP contribution in [0.1, 0.15) is 15.5 Å². The van der Waals surface area contributed by atoms with Gasteiger partial charge in [0.15, 0.2) is 12.1 Å². The molecule has 0 aliphatic carbocycles. The maximum Gasteiger partial charge on any atom is 0.185 e. The molecular formula is C7H6N4OS. The molecular weight excluding hydrogens is 188 g/mol. The van der Waals surface area contributed by atoms with Crippen LogP contribution in [0.2, 0.25) is 0 Å². The van der Waals surface area contributed by atoms with E-state index in [-0.39, 0.29) is 0 Å². The van der Waals surface area contributed by atoms with Crippen LogP contribution in [0.3, 0.4) is 0 Å². The van der Waals surface area contributed by atoms with E-state index in [1.807, 2.05) is 0 Å². The third-order valence-corrected chi connectivity index (χ3v) is 2.23. The lowest BCUT2D eigenvalue weighted by atomic mass is 10.5. The highest BCUT2D eigenvalue weighted by atomic mass is 32.1. The first-order valence-electron chi connectivity index (χ1n) is 3.62. The van der Waals surface area contributed by atoms with Crippen molar-refractivity contribution in [1.82, 2.24) is 19.1 Å². The van der Waals surface area contributed by atoms with E-state index in [9.17, 15) is 4.79 Å². The number of rotatable bonds is 3. The van der Waals surface area contributed by atoms with Gasteiger partial charge in [0.05, 0.1) is 17.6 Å². The second-order valence-electron chi connectivity index (χ2n) is 2.42. The quantitative estimate of drug-likeness (QED) is 0.671. The van der Waals surface area contributed by atoms with E-state index in [1.165, 1.54) is 11.5 Å². The Balaban J connectivity index is 2.23. The number of imidazole rings is 1. The summed E-state index contributed by atoms with van der Waals surface area (Å²) >= 11 is 1.31. The van der Waals surface area contributed by atoms with Crippen molar-refractivity contribution < 1.29 is 4.79 Å². The van der Waals surface area contributed by atoms with E-state index in [4.69, 9.17) is 0 Å². The number of carbonyl (C=O) groups excluding carboxylic acids is 1. The van der Waals surface area contributed by atoms with Gasteiger partial charge in [-0.05, 0) is 11.5 Å². The molecule has 13 heavy (non-hydrogen) atoms. The minimum atomic E-state index is 0.424. The summed E-state index contributed by atoms with van der Waals surface area (Å²) in [4.78, 5) is 15.4. The van der Waals surface area contributed by atoms with Crippen molar-refractivity contribution in [3.05, 3.63) is 29.3 Å². The molecule has 0 fully saturated rings. The molecule has 0 saturated heterocycles. The molecule has 0 bridgehead atoms. The van der Waals surface area contributed by atoms with Gasteiger partial charge in [0.25, 0.3) is 0 Å². The molecule has 0 aliphatic heterocycles. The van der Waals surface area contributed by atoms with Gasteiger partial charge in [-0.25, -0.2) is 4.98 Å². The monoisotopic (exact) mass is 194 g/mol. The Morgan fingerprint density at radius 2 is 2.54 bits per heavy atom. The fourth-order valence-electron chi connectivity index (χ4n) is 0.998. The van der Waals surface area contributed by atoms with Gasteiger partial charge in [-0.2, -0.15) is 0 Å². The normalized spacial score (nSPS) is 10.2. The van der Waals surface area contributed by atoms with Crippen LogP contribution in [0.5, 0.6) is 0 Å². The van der Waals surface area contributed by atoms with E-state index in [0.717, 1.165) is 11.2 Å². The Hall–Kier alpha value is -1.56. The van der Waals surface area contributed by atoms with Crippen LogP contribution in [0.15, 0.2) is 18.6 Å². The van der Waals surface area contributed by atoms with Crippen LogP contribution in [0, 0.1) is 0 Å². The molecule has 0 atom stereocenters. The summed E-state index contributed by atoms with van der Waals surface area (Å²) < 4.78 is 5.48. The summed E-state index contributed by atoms with van der Waals surface area (Å²) in [5.41, 5.74) is 0. The fraction of sp³-hybridized carbons (Fsp3) is 0.143. The number of hydrogen-bond donors (Lipinski definition) is 0. The van der Waals surface area contributed by atoms with E-state index >= 15 is 0 Å². The Kier molecular flexibility index (Phi) is 2.13. The molecule has 2 heterocycles. The summed E-state index contributed by atoms with van der Waals surface area (Å²) in [6, 6.07) is 0. The van der Waals surface area contributed by atoms with Crippen molar-refractivity contribution in [3.63, 3.8) is 0 Å². The molecule has 2 rings (SSSR count). The molecule has 5 nitrogen and oxygen atoms in total. The molecule has 0 spiro atoms. The molecule has 0 unspecified atom stereocenters. The van der Waals surface area contributed by atoms with Gasteiger partial charge in [-0.1, -0.05) is 4.49 Å². The van der Waals surface area contributed by atoms with Crippen molar-refractivity contribution >= 4 is 17.8 Å². The zero-order chi connectivity index (χ0) is 9.10. The Morgan fingerprint density at radius 1 is 1.62 bits per heavy atom. The van der Waals surface area contributed by atoms with E-state index in [0.29, 0.717) is 12.4 Å². The van der Waals surface area contributed by atoms with Gasteiger partial charge in [0.1, 0.15) is 0 Å². The number of hydrogen-bond acceptors (Lipinski definition) is 5. The molecule has 0 amide bonds. The number of carbonyl (C=O) groups is 1. The largest absolute Gasteiger partial charge is 0.323 e. The Morgan fingerprint density at radius 3 is 3.23 bits per heavy atom. The predicted octanol–water partition coefficient (Wildman–Crippen LogP) is 0.595. The molecule has 2 aromatic heterocycles. The molecule has 0 aromatic carbocycles. The van der Waals surface area contributed by atoms with Gasteiger partial charge in [-0.15, -0.1) is 5.10 Å². The van der Waals surface area contributed by atoms with Crippen LogP contribution in [-0.4, -0.2) is 25.4 Å². The molecule has 0 aliphatic rings. The zero-order valence-corrected chi connectivity index (χ0v) is 7.44. The summed E-state index contributed by atoms with van der Waals surface area (Å²) in [7, 11) is 0. The second kappa shape index (κ2) is 3.44. The number of aromatic nitrogens is 4. The lowest BCUT2D eigenvalue weighted by Gasteiger charge is -1.98. The number of nitrogens with zero attached hydrogens (tertiary/aromatic N) is 4. The second-order valence-corrected chi connectivity index (χ2v) is 3.29. The van der Waals surface area contributed by atoms with E-state index < -0.39 is 0 Å². The maximum atomic E-state index is 10.5. The SMILES string of the molecule is O=Cc1nccn1Cc1cnns1. The van der Waals surface area contributed by atoms with E-state index in [1.54, 1.807) is 23.2 Å². The average Bonchev–Trinajstić information content (AvgIpc) is 2.76. The van der Waals surface area contributed by atoms with Gasteiger partial charge < -0.3 is 4.57 Å². The molecule has 0 N–H and O–H groups in total. The van der Waals surface area contributed by atoms with Crippen molar-refractivity contribution in [1.29, 1.82) is 0 Å². The zero-order valence-electron chi connectivity index (χ0n) is 6.62. The van der Waals surface area contributed by atoms with Gasteiger partial charge in [0.2, 0.25) is 0 Å². The summed E-state index contributed by atoms with van der Waals surface area (Å²) in [5, 5.41) is 3.70. The first kappa shape index (κ1) is 8.06. The van der Waals surface area contributed by atoms with Crippen LogP contribution in [0.4, 0.5) is 0 Å². The first-order valence-corrected chi connectivity index (χ1v) is 4.40. The average molecular weight is 194 g/mol. The summed E-state index contributed by atoms with van der Waals surface area (Å²) in [6.07, 6.45) is 5.76. The fourth-order valence-corrected chi connectivity index (χ4v) is 1.49.